The molecule has 3 saturated heterocycles. The lowest BCUT2D eigenvalue weighted by Crippen LogP contribution is -2.54. The fourth-order valence-electron chi connectivity index (χ4n) is 8.38. The minimum absolute atomic E-state index is 0.00776. The van der Waals surface area contributed by atoms with E-state index in [1.165, 1.54) is 0 Å². The number of piperidine rings is 2. The predicted molar refractivity (Wildman–Crippen MR) is 238 cm³/mol. The Morgan fingerprint density at radius 3 is 2.40 bits per heavy atom. The smallest absolute Gasteiger partial charge is 0.266 e. The third-order valence-corrected chi connectivity index (χ3v) is 14.3. The molecule has 19 nitrogen and oxygen atoms in total. The summed E-state index contributed by atoms with van der Waals surface area (Å²) in [5.74, 6) is -1.56. The normalized spacial score (nSPS) is 19.3. The number of unbranched alkanes of at least 4 members (excludes halogenated alkanes) is 1. The molecule has 7 rings (SSSR count). The van der Waals surface area contributed by atoms with Gasteiger partial charge in [-0.3, -0.25) is 39.1 Å². The van der Waals surface area contributed by atoms with Gasteiger partial charge in [0.2, 0.25) is 27.8 Å². The van der Waals surface area contributed by atoms with E-state index in [1.807, 2.05) is 19.1 Å². The molecule has 1 atom stereocenters. The zero-order chi connectivity index (χ0) is 44.7. The number of hydrogen-bond donors (Lipinski definition) is 5. The van der Waals surface area contributed by atoms with Gasteiger partial charge in [-0.05, 0) is 91.8 Å². The summed E-state index contributed by atoms with van der Waals surface area (Å²) in [6.07, 6.45) is 4.90. The van der Waals surface area contributed by atoms with Gasteiger partial charge >= 0.3 is 0 Å². The van der Waals surface area contributed by atoms with Crippen molar-refractivity contribution in [3.63, 3.8) is 0 Å². The lowest BCUT2D eigenvalue weighted by molar-refractivity contribution is -0.136. The number of aromatic nitrogens is 2. The van der Waals surface area contributed by atoms with Gasteiger partial charge < -0.3 is 31.3 Å². The number of anilines is 3. The zero-order valence-electron chi connectivity index (χ0n) is 35.2. The number of halogens is 1. The van der Waals surface area contributed by atoms with Crippen LogP contribution in [-0.4, -0.2) is 157 Å². The van der Waals surface area contributed by atoms with Gasteiger partial charge in [-0.1, -0.05) is 18.2 Å². The first-order valence-electron chi connectivity index (χ1n) is 21.3. The van der Waals surface area contributed by atoms with E-state index in [4.69, 9.17) is 10.5 Å². The molecule has 0 saturated carbocycles. The first-order chi connectivity index (χ1) is 30.3. The Morgan fingerprint density at radius 1 is 0.937 bits per heavy atom. The number of carbonyl (C=O) groups excluding carboxylic acids is 5. The number of hydrogen-bond acceptors (Lipinski definition) is 15. The van der Waals surface area contributed by atoms with Crippen LogP contribution >= 0.6 is 15.9 Å². The molecule has 0 radical (unpaired) electrons. The number of piperazine rings is 1. The number of aryl methyl sites for hydroxylation is 1. The summed E-state index contributed by atoms with van der Waals surface area (Å²) in [6.45, 7) is 9.22. The second-order valence-electron chi connectivity index (χ2n) is 16.1. The molecule has 0 aliphatic carbocycles. The highest BCUT2D eigenvalue weighted by Crippen LogP contribution is 2.34. The number of fused-ring (bicyclic) bond motifs is 1. The number of rotatable bonds is 19. The van der Waals surface area contributed by atoms with Gasteiger partial charge in [0.25, 0.3) is 17.7 Å². The average molecular weight is 953 g/mol. The summed E-state index contributed by atoms with van der Waals surface area (Å²) in [5, 5.41) is 12.0. The molecule has 3 fully saturated rings. The molecule has 4 aliphatic heterocycles. The molecule has 4 aliphatic rings. The van der Waals surface area contributed by atoms with E-state index in [-0.39, 0.29) is 35.8 Å². The largest absolute Gasteiger partial charge is 0.491 e. The van der Waals surface area contributed by atoms with Crippen LogP contribution in [0.25, 0.3) is 0 Å². The van der Waals surface area contributed by atoms with Crippen LogP contribution in [0.15, 0.2) is 47.1 Å². The topological polar surface area (TPSA) is 242 Å². The molecule has 0 bridgehead atoms. The van der Waals surface area contributed by atoms with E-state index in [0.717, 1.165) is 62.6 Å². The molecule has 6 N–H and O–H groups in total. The SMILES string of the molecule is Cc1cccc(Nc2nc(NC3CCN(S(=O)(=O)CCNCCCCN4CCN(CCOc5cccc6c5C(=O)N(C5CCC(=O)NC5=O)C6=O)CC4)CC3)ncc2Br)c1C(N)=O. The first kappa shape index (κ1) is 45.9. The van der Waals surface area contributed by atoms with Gasteiger partial charge in [-0.25, -0.2) is 17.7 Å². The second kappa shape index (κ2) is 20.6. The van der Waals surface area contributed by atoms with E-state index in [0.29, 0.717) is 78.9 Å². The molecular formula is C42H54BrN11O8S. The maximum absolute atomic E-state index is 13.3. The van der Waals surface area contributed by atoms with Crippen molar-refractivity contribution in [3.05, 3.63) is 69.3 Å². The fraction of sp³-hybridized carbons (Fsp3) is 0.500. The Morgan fingerprint density at radius 2 is 1.67 bits per heavy atom. The standard InChI is InChI=1S/C42H54BrN11O8S/c1-27-6-4-8-31(35(27)37(44)56)48-38-30(43)26-46-42(50-38)47-28-12-17-53(18-13-28)63(60,61)25-15-45-14-2-3-16-51-19-21-52(22-20-51)23-24-62-33-9-5-7-29-36(33)41(59)54(40(29)58)32-10-11-34(55)49-39(32)57/h4-9,26,28,32,45H,2-3,10-25H2,1H3,(H2,44,56)(H,49,55,57)(H2,46,47,48,50). The van der Waals surface area contributed by atoms with Gasteiger partial charge in [-0.15, -0.1) is 0 Å². The highest BCUT2D eigenvalue weighted by Gasteiger charge is 2.46. The number of benzene rings is 2. The Labute approximate surface area is 375 Å². The quantitative estimate of drug-likeness (QED) is 0.0854. The summed E-state index contributed by atoms with van der Waals surface area (Å²) >= 11 is 3.47. The third-order valence-electron chi connectivity index (χ3n) is 11.9. The van der Waals surface area contributed by atoms with Gasteiger partial charge in [0.05, 0.1) is 32.6 Å². The summed E-state index contributed by atoms with van der Waals surface area (Å²) < 4.78 is 34.5. The van der Waals surface area contributed by atoms with Gasteiger partial charge in [0, 0.05) is 71.0 Å². The zero-order valence-corrected chi connectivity index (χ0v) is 37.6. The van der Waals surface area contributed by atoms with E-state index in [9.17, 15) is 32.4 Å². The monoisotopic (exact) mass is 951 g/mol. The number of primary amides is 1. The maximum atomic E-state index is 13.3. The van der Waals surface area contributed by atoms with Crippen LogP contribution in [0.2, 0.25) is 0 Å². The molecule has 63 heavy (non-hydrogen) atoms. The van der Waals surface area contributed by atoms with Crippen LogP contribution in [0.3, 0.4) is 0 Å². The predicted octanol–water partition coefficient (Wildman–Crippen LogP) is 2.06. The van der Waals surface area contributed by atoms with Crippen molar-refractivity contribution in [2.24, 2.45) is 5.73 Å². The van der Waals surface area contributed by atoms with Crippen molar-refractivity contribution in [1.82, 2.24) is 39.6 Å². The number of nitrogens with one attached hydrogen (secondary N) is 4. The van der Waals surface area contributed by atoms with Crippen molar-refractivity contribution < 1.29 is 37.1 Å². The molecule has 0 spiro atoms. The molecular weight excluding hydrogens is 899 g/mol. The molecule has 21 heteroatoms. The van der Waals surface area contributed by atoms with Crippen molar-refractivity contribution in [2.45, 2.75) is 57.5 Å². The van der Waals surface area contributed by atoms with E-state index in [2.05, 4.69) is 57.0 Å². The molecule has 338 valence electrons. The first-order valence-corrected chi connectivity index (χ1v) is 23.8. The van der Waals surface area contributed by atoms with Crippen LogP contribution in [0, 0.1) is 6.92 Å². The van der Waals surface area contributed by atoms with E-state index < -0.39 is 45.6 Å². The van der Waals surface area contributed by atoms with Crippen LogP contribution < -0.4 is 31.7 Å². The van der Waals surface area contributed by atoms with Crippen molar-refractivity contribution in [3.8, 4) is 5.75 Å². The van der Waals surface area contributed by atoms with Crippen molar-refractivity contribution in [1.29, 1.82) is 0 Å². The molecule has 2 aromatic carbocycles. The average Bonchev–Trinajstić information content (AvgIpc) is 3.51. The Bertz CT molecular complexity index is 2320. The van der Waals surface area contributed by atoms with E-state index in [1.54, 1.807) is 34.8 Å². The van der Waals surface area contributed by atoms with Crippen molar-refractivity contribution in [2.75, 3.05) is 88.4 Å². The lowest BCUT2D eigenvalue weighted by Gasteiger charge is -2.34. The number of ether oxygens (including phenoxy) is 1. The lowest BCUT2D eigenvalue weighted by atomic mass is 10.0. The molecule has 1 unspecified atom stereocenters. The number of nitrogens with two attached hydrogens (primary N) is 1. The number of carbonyl (C=O) groups is 5. The minimum atomic E-state index is -3.41. The maximum Gasteiger partial charge on any atom is 0.266 e. The summed E-state index contributed by atoms with van der Waals surface area (Å²) in [6, 6.07) is 9.22. The molecule has 5 amide bonds. The Hall–Kier alpha value is -5.06. The molecule has 1 aromatic heterocycles. The van der Waals surface area contributed by atoms with Crippen LogP contribution in [0.5, 0.6) is 5.75 Å². The number of imide groups is 2. The van der Waals surface area contributed by atoms with Crippen LogP contribution in [0.1, 0.15) is 75.2 Å². The van der Waals surface area contributed by atoms with E-state index >= 15 is 0 Å². The summed E-state index contributed by atoms with van der Waals surface area (Å²) in [5.41, 5.74) is 7.63. The molecule has 3 aromatic rings. The second-order valence-corrected chi connectivity index (χ2v) is 19.1. The highest BCUT2D eigenvalue weighted by molar-refractivity contribution is 9.10. The highest BCUT2D eigenvalue weighted by atomic mass is 79.9. The number of amides is 5. The number of sulfonamides is 1. The van der Waals surface area contributed by atoms with Gasteiger partial charge in [0.1, 0.15) is 24.2 Å². The third kappa shape index (κ3) is 11.2. The summed E-state index contributed by atoms with van der Waals surface area (Å²) in [4.78, 5) is 77.2. The summed E-state index contributed by atoms with van der Waals surface area (Å²) in [7, 11) is -3.41. The molecule has 5 heterocycles. The van der Waals surface area contributed by atoms with Crippen LogP contribution in [0.4, 0.5) is 17.5 Å². The minimum Gasteiger partial charge on any atom is -0.491 e. The van der Waals surface area contributed by atoms with Crippen molar-refractivity contribution >= 4 is 72.9 Å². The Balaban J connectivity index is 0.745. The number of nitrogens with zero attached hydrogens (tertiary/aromatic N) is 6. The fourth-order valence-corrected chi connectivity index (χ4v) is 10.1. The van der Waals surface area contributed by atoms with Gasteiger partial charge in [0.15, 0.2) is 0 Å². The Kier molecular flexibility index (Phi) is 15.0. The van der Waals surface area contributed by atoms with Gasteiger partial charge in [-0.2, -0.15) is 4.98 Å². The van der Waals surface area contributed by atoms with Crippen LogP contribution in [-0.2, 0) is 19.6 Å².